The van der Waals surface area contributed by atoms with Crippen molar-refractivity contribution in [3.63, 3.8) is 0 Å². The summed E-state index contributed by atoms with van der Waals surface area (Å²) in [6, 6.07) is 5.18. The summed E-state index contributed by atoms with van der Waals surface area (Å²) in [5.41, 5.74) is 0.996. The predicted octanol–water partition coefficient (Wildman–Crippen LogP) is 2.04. The summed E-state index contributed by atoms with van der Waals surface area (Å²) in [6.45, 7) is 3.18. The number of rotatable bonds is 8. The SMILES string of the molecule is COCCN(CCOC)S(=O)(=O)c1ccc(C)cc1Br. The summed E-state index contributed by atoms with van der Waals surface area (Å²) >= 11 is 3.32. The Morgan fingerprint density at radius 1 is 1.15 bits per heavy atom. The van der Waals surface area contributed by atoms with E-state index < -0.39 is 10.0 Å². The lowest BCUT2D eigenvalue weighted by atomic mass is 10.2. The van der Waals surface area contributed by atoms with Crippen molar-refractivity contribution in [2.75, 3.05) is 40.5 Å². The summed E-state index contributed by atoms with van der Waals surface area (Å²) in [4.78, 5) is 0.260. The van der Waals surface area contributed by atoms with Crippen LogP contribution in [0.1, 0.15) is 5.56 Å². The maximum Gasteiger partial charge on any atom is 0.244 e. The van der Waals surface area contributed by atoms with Gasteiger partial charge in [-0.1, -0.05) is 6.07 Å². The molecule has 5 nitrogen and oxygen atoms in total. The molecule has 20 heavy (non-hydrogen) atoms. The molecule has 0 heterocycles. The van der Waals surface area contributed by atoms with Gasteiger partial charge in [-0.2, -0.15) is 4.31 Å². The van der Waals surface area contributed by atoms with E-state index in [0.29, 0.717) is 30.8 Å². The first kappa shape index (κ1) is 17.6. The lowest BCUT2D eigenvalue weighted by Crippen LogP contribution is -2.36. The molecule has 0 saturated heterocycles. The van der Waals surface area contributed by atoms with Gasteiger partial charge in [0.05, 0.1) is 18.1 Å². The summed E-state index contributed by atoms with van der Waals surface area (Å²) in [5, 5.41) is 0. The van der Waals surface area contributed by atoms with E-state index in [1.807, 2.05) is 6.92 Å². The van der Waals surface area contributed by atoms with E-state index in [2.05, 4.69) is 15.9 Å². The lowest BCUT2D eigenvalue weighted by Gasteiger charge is -2.22. The van der Waals surface area contributed by atoms with Crippen LogP contribution in [0.4, 0.5) is 0 Å². The van der Waals surface area contributed by atoms with Crippen molar-refractivity contribution in [1.82, 2.24) is 4.31 Å². The lowest BCUT2D eigenvalue weighted by molar-refractivity contribution is 0.150. The van der Waals surface area contributed by atoms with E-state index in [1.165, 1.54) is 4.31 Å². The molecule has 114 valence electrons. The van der Waals surface area contributed by atoms with Crippen LogP contribution in [0.25, 0.3) is 0 Å². The zero-order valence-electron chi connectivity index (χ0n) is 11.9. The Morgan fingerprint density at radius 2 is 1.70 bits per heavy atom. The first-order chi connectivity index (χ1) is 9.43. The van der Waals surface area contributed by atoms with Gasteiger partial charge in [0.1, 0.15) is 0 Å². The Morgan fingerprint density at radius 3 is 2.15 bits per heavy atom. The molecule has 0 radical (unpaired) electrons. The molecule has 1 aromatic carbocycles. The first-order valence-electron chi connectivity index (χ1n) is 6.17. The minimum atomic E-state index is -3.57. The normalized spacial score (nSPS) is 12.1. The third-order valence-corrected chi connectivity index (χ3v) is 5.67. The quantitative estimate of drug-likeness (QED) is 0.707. The highest BCUT2D eigenvalue weighted by molar-refractivity contribution is 9.10. The van der Waals surface area contributed by atoms with Gasteiger partial charge in [0.2, 0.25) is 10.0 Å². The Balaban J connectivity index is 3.07. The van der Waals surface area contributed by atoms with Crippen LogP contribution in [0.3, 0.4) is 0 Å². The fourth-order valence-corrected chi connectivity index (χ4v) is 4.25. The molecule has 0 aliphatic heterocycles. The molecular weight excluding hydrogens is 346 g/mol. The molecule has 0 N–H and O–H groups in total. The highest BCUT2D eigenvalue weighted by Crippen LogP contribution is 2.26. The zero-order valence-corrected chi connectivity index (χ0v) is 14.3. The average Bonchev–Trinajstić information content (AvgIpc) is 2.38. The number of methoxy groups -OCH3 is 2. The van der Waals surface area contributed by atoms with Crippen LogP contribution in [-0.2, 0) is 19.5 Å². The van der Waals surface area contributed by atoms with Crippen molar-refractivity contribution in [1.29, 1.82) is 0 Å². The predicted molar refractivity (Wildman–Crippen MR) is 81.4 cm³/mol. The molecule has 0 atom stereocenters. The van der Waals surface area contributed by atoms with Crippen molar-refractivity contribution in [2.24, 2.45) is 0 Å². The van der Waals surface area contributed by atoms with E-state index >= 15 is 0 Å². The number of hydrogen-bond donors (Lipinski definition) is 0. The molecule has 0 bridgehead atoms. The maximum absolute atomic E-state index is 12.7. The number of aryl methyl sites for hydroxylation is 1. The average molecular weight is 366 g/mol. The Hall–Kier alpha value is -0.470. The molecule has 0 aromatic heterocycles. The van der Waals surface area contributed by atoms with Gasteiger partial charge in [-0.25, -0.2) is 8.42 Å². The van der Waals surface area contributed by atoms with Crippen molar-refractivity contribution < 1.29 is 17.9 Å². The molecule has 0 spiro atoms. The second-order valence-corrected chi connectivity index (χ2v) is 7.08. The summed E-state index contributed by atoms with van der Waals surface area (Å²) in [5.74, 6) is 0. The van der Waals surface area contributed by atoms with Gasteiger partial charge >= 0.3 is 0 Å². The van der Waals surface area contributed by atoms with Gasteiger partial charge in [-0.15, -0.1) is 0 Å². The van der Waals surface area contributed by atoms with Gasteiger partial charge in [0.15, 0.2) is 0 Å². The van der Waals surface area contributed by atoms with E-state index in [4.69, 9.17) is 9.47 Å². The second kappa shape index (κ2) is 8.09. The van der Waals surface area contributed by atoms with Crippen LogP contribution in [0.15, 0.2) is 27.6 Å². The number of benzene rings is 1. The van der Waals surface area contributed by atoms with Crippen LogP contribution >= 0.6 is 15.9 Å². The van der Waals surface area contributed by atoms with Crippen LogP contribution in [0.5, 0.6) is 0 Å². The molecule has 7 heteroatoms. The van der Waals surface area contributed by atoms with Crippen molar-refractivity contribution in [3.05, 3.63) is 28.2 Å². The molecule has 0 fully saturated rings. The molecular formula is C13H20BrNO4S. The standard InChI is InChI=1S/C13H20BrNO4S/c1-11-4-5-13(12(14)10-11)20(16,17)15(6-8-18-2)7-9-19-3/h4-5,10H,6-9H2,1-3H3. The number of halogens is 1. The highest BCUT2D eigenvalue weighted by Gasteiger charge is 2.26. The molecule has 0 aliphatic carbocycles. The highest BCUT2D eigenvalue weighted by atomic mass is 79.9. The van der Waals surface area contributed by atoms with Crippen LogP contribution in [-0.4, -0.2) is 53.2 Å². The van der Waals surface area contributed by atoms with Gasteiger partial charge in [-0.05, 0) is 40.5 Å². The van der Waals surface area contributed by atoms with E-state index in [1.54, 1.807) is 32.4 Å². The van der Waals surface area contributed by atoms with E-state index in [9.17, 15) is 8.42 Å². The third-order valence-electron chi connectivity index (χ3n) is 2.79. The maximum atomic E-state index is 12.7. The summed E-state index contributed by atoms with van der Waals surface area (Å²) in [6.07, 6.45) is 0. The summed E-state index contributed by atoms with van der Waals surface area (Å²) < 4.78 is 37.2. The molecule has 0 unspecified atom stereocenters. The van der Waals surface area contributed by atoms with Crippen molar-refractivity contribution in [3.8, 4) is 0 Å². The molecule has 0 aliphatic rings. The van der Waals surface area contributed by atoms with Gasteiger partial charge in [0, 0.05) is 31.8 Å². The topological polar surface area (TPSA) is 55.8 Å². The molecule has 1 aromatic rings. The van der Waals surface area contributed by atoms with Gasteiger partial charge < -0.3 is 9.47 Å². The van der Waals surface area contributed by atoms with Gasteiger partial charge in [-0.3, -0.25) is 0 Å². The van der Waals surface area contributed by atoms with Crippen LogP contribution < -0.4 is 0 Å². The van der Waals surface area contributed by atoms with E-state index in [0.717, 1.165) is 5.56 Å². The first-order valence-corrected chi connectivity index (χ1v) is 8.41. The van der Waals surface area contributed by atoms with Crippen molar-refractivity contribution >= 4 is 26.0 Å². The second-order valence-electron chi connectivity index (χ2n) is 4.32. The smallest absolute Gasteiger partial charge is 0.244 e. The molecule has 0 saturated carbocycles. The zero-order chi connectivity index (χ0) is 15.2. The Kier molecular flexibility index (Phi) is 7.11. The number of ether oxygens (including phenoxy) is 2. The minimum Gasteiger partial charge on any atom is -0.383 e. The number of hydrogen-bond acceptors (Lipinski definition) is 4. The minimum absolute atomic E-state index is 0.260. The summed E-state index contributed by atoms with van der Waals surface area (Å²) in [7, 11) is -0.477. The largest absolute Gasteiger partial charge is 0.383 e. The monoisotopic (exact) mass is 365 g/mol. The van der Waals surface area contributed by atoms with Crippen molar-refractivity contribution in [2.45, 2.75) is 11.8 Å². The Labute approximate surface area is 129 Å². The van der Waals surface area contributed by atoms with Crippen LogP contribution in [0.2, 0.25) is 0 Å². The third kappa shape index (κ3) is 4.53. The van der Waals surface area contributed by atoms with Crippen LogP contribution in [0, 0.1) is 6.92 Å². The van der Waals surface area contributed by atoms with Gasteiger partial charge in [0.25, 0.3) is 0 Å². The Bertz CT molecular complexity index is 525. The number of nitrogens with zero attached hydrogens (tertiary/aromatic N) is 1. The number of sulfonamides is 1. The molecule has 1 rings (SSSR count). The fraction of sp³-hybridized carbons (Fsp3) is 0.538. The fourth-order valence-electron chi connectivity index (χ4n) is 1.69. The van der Waals surface area contributed by atoms with E-state index in [-0.39, 0.29) is 4.90 Å². The molecule has 0 amide bonds.